The van der Waals surface area contributed by atoms with E-state index in [2.05, 4.69) is 24.4 Å². The highest BCUT2D eigenvalue weighted by atomic mass is 32.2. The fraction of sp³-hybridized carbons (Fsp3) is 0.857. The smallest absolute Gasteiger partial charge is 0.120 e. The van der Waals surface area contributed by atoms with Crippen molar-refractivity contribution >= 4 is 11.8 Å². The monoisotopic (exact) mass is 236 g/mol. The van der Waals surface area contributed by atoms with E-state index in [0.29, 0.717) is 5.25 Å². The molecule has 0 aromatic rings. The lowest BCUT2D eigenvalue weighted by Crippen LogP contribution is -2.55. The Bertz CT molecular complexity index is 297. The van der Waals surface area contributed by atoms with Gasteiger partial charge in [0, 0.05) is 5.25 Å². The van der Waals surface area contributed by atoms with Crippen molar-refractivity contribution in [3.05, 3.63) is 12.7 Å². The molecular formula is C14H20OS. The molecule has 0 aromatic heterocycles. The second-order valence-corrected chi connectivity index (χ2v) is 7.71. The largest absolute Gasteiger partial charge is 0.362 e. The van der Waals surface area contributed by atoms with Gasteiger partial charge in [0.15, 0.2) is 0 Å². The van der Waals surface area contributed by atoms with E-state index in [1.54, 1.807) is 0 Å². The molecule has 1 spiro atoms. The lowest BCUT2D eigenvalue weighted by Gasteiger charge is -2.58. The summed E-state index contributed by atoms with van der Waals surface area (Å²) in [6.07, 6.45) is 9.41. The maximum Gasteiger partial charge on any atom is 0.120 e. The molecule has 1 atom stereocenters. The summed E-state index contributed by atoms with van der Waals surface area (Å²) < 4.78 is 6.31. The van der Waals surface area contributed by atoms with Gasteiger partial charge < -0.3 is 4.74 Å². The molecule has 5 aliphatic rings. The van der Waals surface area contributed by atoms with Crippen LogP contribution in [0.4, 0.5) is 0 Å². The average Bonchev–Trinajstić information content (AvgIpc) is 2.70. The third-order valence-electron chi connectivity index (χ3n) is 5.35. The van der Waals surface area contributed by atoms with E-state index in [1.165, 1.54) is 32.1 Å². The van der Waals surface area contributed by atoms with Gasteiger partial charge >= 0.3 is 0 Å². The lowest BCUT2D eigenvalue weighted by molar-refractivity contribution is -0.138. The summed E-state index contributed by atoms with van der Waals surface area (Å²) >= 11 is 2.11. The van der Waals surface area contributed by atoms with Gasteiger partial charge in [-0.25, -0.2) is 0 Å². The molecule has 2 heteroatoms. The van der Waals surface area contributed by atoms with E-state index < -0.39 is 0 Å². The van der Waals surface area contributed by atoms with Crippen molar-refractivity contribution < 1.29 is 4.74 Å². The molecule has 0 radical (unpaired) electrons. The number of hydrogen-bond donors (Lipinski definition) is 0. The first-order valence-electron chi connectivity index (χ1n) is 6.74. The summed E-state index contributed by atoms with van der Waals surface area (Å²) in [5.41, 5.74) is 0. The minimum Gasteiger partial charge on any atom is -0.362 e. The molecule has 0 aromatic carbocycles. The topological polar surface area (TPSA) is 9.23 Å². The van der Waals surface area contributed by atoms with Crippen LogP contribution in [0.1, 0.15) is 32.1 Å². The molecule has 4 bridgehead atoms. The Kier molecular flexibility index (Phi) is 2.06. The van der Waals surface area contributed by atoms with E-state index >= 15 is 0 Å². The van der Waals surface area contributed by atoms with Gasteiger partial charge in [0.25, 0.3) is 0 Å². The molecule has 1 aliphatic heterocycles. The van der Waals surface area contributed by atoms with Gasteiger partial charge in [-0.1, -0.05) is 6.08 Å². The number of ether oxygens (including phenoxy) is 1. The van der Waals surface area contributed by atoms with Crippen molar-refractivity contribution in [3.8, 4) is 0 Å². The van der Waals surface area contributed by atoms with Crippen molar-refractivity contribution in [2.75, 3.05) is 6.61 Å². The molecular weight excluding hydrogens is 216 g/mol. The third-order valence-corrected chi connectivity index (χ3v) is 7.13. The van der Waals surface area contributed by atoms with Gasteiger partial charge in [-0.3, -0.25) is 0 Å². The van der Waals surface area contributed by atoms with E-state index in [0.717, 1.165) is 30.3 Å². The number of rotatable bonds is 1. The molecule has 5 fully saturated rings. The summed E-state index contributed by atoms with van der Waals surface area (Å²) in [6.45, 7) is 4.85. The normalized spacial score (nSPS) is 58.4. The predicted octanol–water partition coefficient (Wildman–Crippen LogP) is 3.46. The summed E-state index contributed by atoms with van der Waals surface area (Å²) in [4.78, 5) is 0.215. The van der Waals surface area contributed by atoms with Gasteiger partial charge in [-0.2, -0.15) is 0 Å². The van der Waals surface area contributed by atoms with Gasteiger partial charge in [-0.15, -0.1) is 18.3 Å². The maximum atomic E-state index is 6.31. The Hall–Kier alpha value is 0.0500. The SMILES string of the molecule is C=CC1COC2(S1)C1CC3CC(C1)CC2C3. The van der Waals surface area contributed by atoms with Crippen LogP contribution in [0.5, 0.6) is 0 Å². The molecule has 16 heavy (non-hydrogen) atoms. The summed E-state index contributed by atoms with van der Waals surface area (Å²) in [5.74, 6) is 3.80. The van der Waals surface area contributed by atoms with Crippen LogP contribution in [-0.2, 0) is 4.74 Å². The van der Waals surface area contributed by atoms with Gasteiger partial charge in [-0.05, 0) is 55.8 Å². The molecule has 1 saturated heterocycles. The quantitative estimate of drug-likeness (QED) is 0.645. The van der Waals surface area contributed by atoms with Gasteiger partial charge in [0.05, 0.1) is 6.61 Å². The zero-order valence-electron chi connectivity index (χ0n) is 9.73. The van der Waals surface area contributed by atoms with Crippen LogP contribution in [0.3, 0.4) is 0 Å². The first kappa shape index (κ1) is 10.0. The zero-order valence-corrected chi connectivity index (χ0v) is 10.5. The highest BCUT2D eigenvalue weighted by Gasteiger charge is 2.60. The highest BCUT2D eigenvalue weighted by Crippen LogP contribution is 2.65. The molecule has 0 amide bonds. The Morgan fingerprint density at radius 3 is 2.19 bits per heavy atom. The first-order chi connectivity index (χ1) is 7.80. The molecule has 0 N–H and O–H groups in total. The van der Waals surface area contributed by atoms with Crippen molar-refractivity contribution in [1.29, 1.82) is 0 Å². The highest BCUT2D eigenvalue weighted by molar-refractivity contribution is 8.01. The minimum absolute atomic E-state index is 0.215. The third kappa shape index (κ3) is 1.18. The Morgan fingerprint density at radius 1 is 1.06 bits per heavy atom. The van der Waals surface area contributed by atoms with Crippen LogP contribution in [0.2, 0.25) is 0 Å². The Labute approximate surface area is 102 Å². The fourth-order valence-electron chi connectivity index (χ4n) is 4.90. The summed E-state index contributed by atoms with van der Waals surface area (Å²) in [5, 5.41) is 0.553. The second kappa shape index (κ2) is 3.29. The summed E-state index contributed by atoms with van der Waals surface area (Å²) in [7, 11) is 0. The molecule has 4 saturated carbocycles. The molecule has 4 aliphatic carbocycles. The first-order valence-corrected chi connectivity index (χ1v) is 7.62. The van der Waals surface area contributed by atoms with E-state index in [4.69, 9.17) is 4.74 Å². The maximum absolute atomic E-state index is 6.31. The Morgan fingerprint density at radius 2 is 1.69 bits per heavy atom. The van der Waals surface area contributed by atoms with E-state index in [1.807, 2.05) is 0 Å². The van der Waals surface area contributed by atoms with Crippen molar-refractivity contribution in [1.82, 2.24) is 0 Å². The summed E-state index contributed by atoms with van der Waals surface area (Å²) in [6, 6.07) is 0. The fourth-order valence-corrected chi connectivity index (χ4v) is 6.51. The van der Waals surface area contributed by atoms with Crippen LogP contribution >= 0.6 is 11.8 Å². The van der Waals surface area contributed by atoms with Crippen molar-refractivity contribution in [2.45, 2.75) is 42.3 Å². The molecule has 88 valence electrons. The van der Waals surface area contributed by atoms with Gasteiger partial charge in [0.2, 0.25) is 0 Å². The van der Waals surface area contributed by atoms with Crippen LogP contribution in [0, 0.1) is 23.7 Å². The van der Waals surface area contributed by atoms with Gasteiger partial charge in [0.1, 0.15) is 4.93 Å². The lowest BCUT2D eigenvalue weighted by atomic mass is 9.54. The van der Waals surface area contributed by atoms with Crippen LogP contribution in [-0.4, -0.2) is 16.8 Å². The molecule has 1 unspecified atom stereocenters. The van der Waals surface area contributed by atoms with Crippen LogP contribution in [0.25, 0.3) is 0 Å². The van der Waals surface area contributed by atoms with Crippen molar-refractivity contribution in [3.63, 3.8) is 0 Å². The number of thioether (sulfide) groups is 1. The zero-order chi connectivity index (χ0) is 10.8. The standard InChI is InChI=1S/C14H20OS/c1-2-13-8-15-14(16-13)11-4-9-3-10(6-11)7-12(14)5-9/h2,9-13H,1,3-8H2. The number of hydrogen-bond acceptors (Lipinski definition) is 2. The van der Waals surface area contributed by atoms with E-state index in [9.17, 15) is 0 Å². The molecule has 1 heterocycles. The Balaban J connectivity index is 1.67. The molecule has 1 nitrogen and oxygen atoms in total. The average molecular weight is 236 g/mol. The van der Waals surface area contributed by atoms with Crippen molar-refractivity contribution in [2.24, 2.45) is 23.7 Å². The van der Waals surface area contributed by atoms with E-state index in [-0.39, 0.29) is 4.93 Å². The van der Waals surface area contributed by atoms with Crippen LogP contribution < -0.4 is 0 Å². The predicted molar refractivity (Wildman–Crippen MR) is 67.3 cm³/mol. The van der Waals surface area contributed by atoms with Crippen LogP contribution in [0.15, 0.2) is 12.7 Å². The minimum atomic E-state index is 0.215. The second-order valence-electron chi connectivity index (χ2n) is 6.23. The molecule has 5 rings (SSSR count).